The fraction of sp³-hybridized carbons (Fsp3) is 1.00. The first-order chi connectivity index (χ1) is 8.18. The highest BCUT2D eigenvalue weighted by Crippen LogP contribution is 2.10. The van der Waals surface area contributed by atoms with Gasteiger partial charge in [0, 0.05) is 19.8 Å². The van der Waals surface area contributed by atoms with Gasteiger partial charge in [0.25, 0.3) is 0 Å². The van der Waals surface area contributed by atoms with Crippen molar-refractivity contribution in [1.29, 1.82) is 0 Å². The largest absolute Gasteiger partial charge is 0.707 e. The Morgan fingerprint density at radius 3 is 1.24 bits per heavy atom. The Kier molecular flexibility index (Phi) is 11.2. The van der Waals surface area contributed by atoms with Gasteiger partial charge in [-0.15, -0.1) is 0 Å². The molecule has 0 heterocycles. The summed E-state index contributed by atoms with van der Waals surface area (Å²) in [5.74, 6) is 0. The Morgan fingerprint density at radius 2 is 1.00 bits per heavy atom. The van der Waals surface area contributed by atoms with Crippen LogP contribution in [0.3, 0.4) is 0 Å². The van der Waals surface area contributed by atoms with Crippen molar-refractivity contribution in [2.45, 2.75) is 59.3 Å². The van der Waals surface area contributed by atoms with Crippen LogP contribution < -0.4 is 0 Å². The first-order valence-electron chi connectivity index (χ1n) is 6.80. The highest BCUT2D eigenvalue weighted by atomic mass is 28.4. The molecule has 0 aromatic carbocycles. The van der Waals surface area contributed by atoms with E-state index < -0.39 is 9.05 Å². The molecule has 0 unspecified atom stereocenters. The molecule has 0 N–H and O–H groups in total. The third-order valence-electron chi connectivity index (χ3n) is 2.33. The Morgan fingerprint density at radius 1 is 0.706 bits per heavy atom. The summed E-state index contributed by atoms with van der Waals surface area (Å²) >= 11 is 0. The summed E-state index contributed by atoms with van der Waals surface area (Å²) in [5.41, 5.74) is 0. The molecule has 0 amide bonds. The van der Waals surface area contributed by atoms with Crippen LogP contribution in [0.2, 0.25) is 0 Å². The van der Waals surface area contributed by atoms with E-state index in [-0.39, 0.29) is 0 Å². The first kappa shape index (κ1) is 17.1. The molecule has 0 fully saturated rings. The summed E-state index contributed by atoms with van der Waals surface area (Å²) in [7, 11) is -3.61. The molecule has 0 aliphatic carbocycles. The fourth-order valence-corrected chi connectivity index (χ4v) is 2.58. The molecule has 0 saturated carbocycles. The maximum Gasteiger partial charge on any atom is 0.707 e. The maximum atomic E-state index is 12.2. The minimum Gasteiger partial charge on any atom is -0.350 e. The highest BCUT2D eigenvalue weighted by Gasteiger charge is 2.43. The summed E-state index contributed by atoms with van der Waals surface area (Å²) in [5, 5.41) is 0. The standard InChI is InChI=1S/C12H27O4Si/c1-4-7-10-14-17(13,15-11-8-5-2)16-12-9-6-3/h4-12H2,1-3H3. The Bertz CT molecular complexity index is 140. The van der Waals surface area contributed by atoms with Crippen LogP contribution in [0.1, 0.15) is 59.3 Å². The van der Waals surface area contributed by atoms with Gasteiger partial charge < -0.3 is 13.3 Å². The van der Waals surface area contributed by atoms with E-state index in [4.69, 9.17) is 13.3 Å². The zero-order valence-corrected chi connectivity index (χ0v) is 12.5. The molecule has 0 rings (SSSR count). The molecule has 0 aromatic rings. The van der Waals surface area contributed by atoms with Crippen LogP contribution in [-0.4, -0.2) is 28.9 Å². The zero-order valence-electron chi connectivity index (χ0n) is 11.5. The molecule has 0 saturated heterocycles. The van der Waals surface area contributed by atoms with Crippen molar-refractivity contribution in [3.63, 3.8) is 0 Å². The van der Waals surface area contributed by atoms with Gasteiger partial charge in [-0.05, 0) is 19.3 Å². The zero-order chi connectivity index (χ0) is 13.0. The third-order valence-corrected chi connectivity index (χ3v) is 4.00. The Labute approximate surface area is 107 Å². The monoisotopic (exact) mass is 263 g/mol. The molecule has 0 aliphatic heterocycles. The lowest BCUT2D eigenvalue weighted by Crippen LogP contribution is -2.45. The van der Waals surface area contributed by atoms with Crippen molar-refractivity contribution in [3.8, 4) is 0 Å². The predicted molar refractivity (Wildman–Crippen MR) is 69.0 cm³/mol. The van der Waals surface area contributed by atoms with Gasteiger partial charge in [-0.3, -0.25) is 0 Å². The lowest BCUT2D eigenvalue weighted by molar-refractivity contribution is -0.0303. The van der Waals surface area contributed by atoms with E-state index in [1.807, 2.05) is 0 Å². The van der Waals surface area contributed by atoms with Crippen LogP contribution in [0.25, 0.3) is 0 Å². The minimum atomic E-state index is -3.61. The molecule has 5 heteroatoms. The van der Waals surface area contributed by atoms with E-state index in [1.54, 1.807) is 0 Å². The van der Waals surface area contributed by atoms with Gasteiger partial charge >= 0.3 is 9.05 Å². The molecule has 0 aliphatic rings. The van der Waals surface area contributed by atoms with E-state index in [0.717, 1.165) is 38.5 Å². The van der Waals surface area contributed by atoms with E-state index in [1.165, 1.54) is 0 Å². The van der Waals surface area contributed by atoms with Gasteiger partial charge in [-0.1, -0.05) is 40.0 Å². The van der Waals surface area contributed by atoms with Gasteiger partial charge in [0.2, 0.25) is 0 Å². The predicted octanol–water partition coefficient (Wildman–Crippen LogP) is 3.30. The van der Waals surface area contributed by atoms with E-state index in [0.29, 0.717) is 19.8 Å². The molecular weight excluding hydrogens is 236 g/mol. The summed E-state index contributed by atoms with van der Waals surface area (Å²) < 4.78 is 15.9. The van der Waals surface area contributed by atoms with Crippen LogP contribution >= 0.6 is 0 Å². The van der Waals surface area contributed by atoms with Crippen molar-refractivity contribution >= 4 is 9.05 Å². The Hall–Kier alpha value is 0.0569. The van der Waals surface area contributed by atoms with Crippen molar-refractivity contribution in [2.24, 2.45) is 0 Å². The van der Waals surface area contributed by atoms with Crippen molar-refractivity contribution in [3.05, 3.63) is 0 Å². The molecule has 1 radical (unpaired) electrons. The average molecular weight is 263 g/mol. The lowest BCUT2D eigenvalue weighted by Gasteiger charge is -2.21. The van der Waals surface area contributed by atoms with Crippen molar-refractivity contribution in [1.82, 2.24) is 0 Å². The van der Waals surface area contributed by atoms with Gasteiger partial charge in [0.05, 0.1) is 0 Å². The summed E-state index contributed by atoms with van der Waals surface area (Å²) in [6.07, 6.45) is 5.67. The fourth-order valence-electron chi connectivity index (χ4n) is 1.15. The molecular formula is C12H27O4Si. The van der Waals surface area contributed by atoms with Crippen LogP contribution in [0.15, 0.2) is 0 Å². The summed E-state index contributed by atoms with van der Waals surface area (Å²) in [4.78, 5) is 12.2. The van der Waals surface area contributed by atoms with E-state index >= 15 is 0 Å². The second-order valence-electron chi connectivity index (χ2n) is 4.11. The van der Waals surface area contributed by atoms with Gasteiger partial charge in [-0.2, -0.15) is 0 Å². The number of hydrogen-bond donors (Lipinski definition) is 0. The topological polar surface area (TPSA) is 47.6 Å². The molecule has 4 nitrogen and oxygen atoms in total. The molecule has 103 valence electrons. The molecule has 0 atom stereocenters. The smallest absolute Gasteiger partial charge is 0.350 e. The lowest BCUT2D eigenvalue weighted by atomic mass is 10.4. The maximum absolute atomic E-state index is 12.2. The van der Waals surface area contributed by atoms with Crippen LogP contribution in [0.5, 0.6) is 0 Å². The van der Waals surface area contributed by atoms with Gasteiger partial charge in [0.1, 0.15) is 0 Å². The summed E-state index contributed by atoms with van der Waals surface area (Å²) in [6, 6.07) is 0. The second kappa shape index (κ2) is 11.2. The van der Waals surface area contributed by atoms with Crippen LogP contribution in [0.4, 0.5) is 0 Å². The molecule has 0 spiro atoms. The minimum absolute atomic E-state index is 0.449. The molecule has 0 bridgehead atoms. The molecule has 17 heavy (non-hydrogen) atoms. The normalized spacial score (nSPS) is 12.0. The van der Waals surface area contributed by atoms with Crippen LogP contribution in [0, 0.1) is 0 Å². The van der Waals surface area contributed by atoms with E-state index in [9.17, 15) is 4.80 Å². The second-order valence-corrected chi connectivity index (χ2v) is 5.97. The quantitative estimate of drug-likeness (QED) is 0.401. The third kappa shape index (κ3) is 9.73. The first-order valence-corrected chi connectivity index (χ1v) is 8.44. The number of hydrogen-bond acceptors (Lipinski definition) is 3. The average Bonchev–Trinajstić information content (AvgIpc) is 2.30. The molecule has 0 aromatic heterocycles. The SMILES string of the molecule is CCCCO[Si]([O])(OCCCC)OCCCC. The highest BCUT2D eigenvalue weighted by molar-refractivity contribution is 6.51. The van der Waals surface area contributed by atoms with Gasteiger partial charge in [0.15, 0.2) is 0 Å². The van der Waals surface area contributed by atoms with Gasteiger partial charge in [-0.25, -0.2) is 4.80 Å². The van der Waals surface area contributed by atoms with E-state index in [2.05, 4.69) is 20.8 Å². The number of rotatable bonds is 12. The number of unbranched alkanes of at least 4 members (excludes halogenated alkanes) is 3. The van der Waals surface area contributed by atoms with Crippen molar-refractivity contribution < 1.29 is 18.1 Å². The Balaban J connectivity index is 3.95. The van der Waals surface area contributed by atoms with Crippen LogP contribution in [-0.2, 0) is 18.1 Å². The summed E-state index contributed by atoms with van der Waals surface area (Å²) in [6.45, 7) is 7.53. The van der Waals surface area contributed by atoms with Crippen molar-refractivity contribution in [2.75, 3.05) is 19.8 Å².